The second-order valence-corrected chi connectivity index (χ2v) is 4.52. The minimum absolute atomic E-state index is 0.373. The molecule has 0 saturated carbocycles. The second-order valence-electron chi connectivity index (χ2n) is 3.35. The fourth-order valence-corrected chi connectivity index (χ4v) is 1.91. The fraction of sp³-hybridized carbons (Fsp3) is 0.0909. The molecule has 2 aromatic rings. The molecule has 0 unspecified atom stereocenters. The molecule has 0 aliphatic heterocycles. The van der Waals surface area contributed by atoms with Gasteiger partial charge in [-0.15, -0.1) is 0 Å². The molecule has 1 heterocycles. The van der Waals surface area contributed by atoms with Crippen LogP contribution >= 0.6 is 34.8 Å². The molecular weight excluding hydrogens is 281 g/mol. The first-order chi connectivity index (χ1) is 8.06. The van der Waals surface area contributed by atoms with Crippen LogP contribution < -0.4 is 5.32 Å². The van der Waals surface area contributed by atoms with Crippen LogP contribution in [-0.2, 0) is 0 Å². The lowest BCUT2D eigenvalue weighted by Crippen LogP contribution is -1.97. The molecule has 17 heavy (non-hydrogen) atoms. The third kappa shape index (κ3) is 3.00. The molecule has 2 rings (SSSR count). The van der Waals surface area contributed by atoms with Crippen LogP contribution in [0.5, 0.6) is 0 Å². The van der Waals surface area contributed by atoms with Crippen LogP contribution in [0.4, 0.5) is 11.5 Å². The molecule has 88 valence electrons. The average molecular weight is 289 g/mol. The Balaban J connectivity index is 2.34. The average Bonchev–Trinajstić information content (AvgIpc) is 2.23. The van der Waals surface area contributed by atoms with Gasteiger partial charge >= 0.3 is 0 Å². The van der Waals surface area contributed by atoms with Crippen molar-refractivity contribution in [2.75, 3.05) is 5.32 Å². The van der Waals surface area contributed by atoms with Crippen molar-refractivity contribution in [1.29, 1.82) is 0 Å². The molecule has 1 aromatic heterocycles. The van der Waals surface area contributed by atoms with Crippen LogP contribution in [0.3, 0.4) is 0 Å². The topological polar surface area (TPSA) is 37.8 Å². The molecule has 0 bridgehead atoms. The zero-order valence-electron chi connectivity index (χ0n) is 8.84. The Morgan fingerprint density at radius 1 is 1.12 bits per heavy atom. The van der Waals surface area contributed by atoms with Crippen molar-refractivity contribution in [2.24, 2.45) is 0 Å². The van der Waals surface area contributed by atoms with Gasteiger partial charge in [-0.1, -0.05) is 40.9 Å². The number of aryl methyl sites for hydroxylation is 1. The standard InChI is InChI=1S/C11H8Cl3N3/c1-6-15-9(13)5-10(16-6)17-8-4-2-3-7(12)11(8)14/h2-5H,1H3,(H,15,16,17). The lowest BCUT2D eigenvalue weighted by Gasteiger charge is -2.09. The van der Waals surface area contributed by atoms with Crippen molar-refractivity contribution < 1.29 is 0 Å². The van der Waals surface area contributed by atoms with Gasteiger partial charge in [0.1, 0.15) is 16.8 Å². The van der Waals surface area contributed by atoms with Gasteiger partial charge in [0, 0.05) is 6.07 Å². The minimum atomic E-state index is 0.373. The third-order valence-electron chi connectivity index (χ3n) is 2.02. The van der Waals surface area contributed by atoms with Gasteiger partial charge in [0.25, 0.3) is 0 Å². The molecule has 0 amide bonds. The monoisotopic (exact) mass is 287 g/mol. The van der Waals surface area contributed by atoms with Crippen molar-refractivity contribution in [1.82, 2.24) is 9.97 Å². The highest BCUT2D eigenvalue weighted by molar-refractivity contribution is 6.43. The Kier molecular flexibility index (Phi) is 3.72. The summed E-state index contributed by atoms with van der Waals surface area (Å²) in [7, 11) is 0. The van der Waals surface area contributed by atoms with Gasteiger partial charge in [-0.2, -0.15) is 0 Å². The summed E-state index contributed by atoms with van der Waals surface area (Å²) in [5, 5.41) is 4.34. The first-order valence-electron chi connectivity index (χ1n) is 4.78. The number of aromatic nitrogens is 2. The summed E-state index contributed by atoms with van der Waals surface area (Å²) >= 11 is 17.8. The SMILES string of the molecule is Cc1nc(Cl)cc(Nc2cccc(Cl)c2Cl)n1. The number of anilines is 2. The summed E-state index contributed by atoms with van der Waals surface area (Å²) in [6.07, 6.45) is 0. The maximum atomic E-state index is 6.05. The number of halogens is 3. The number of nitrogens with zero attached hydrogens (tertiary/aromatic N) is 2. The van der Waals surface area contributed by atoms with Crippen molar-refractivity contribution in [2.45, 2.75) is 6.92 Å². The first-order valence-corrected chi connectivity index (χ1v) is 5.92. The van der Waals surface area contributed by atoms with Crippen LogP contribution in [0, 0.1) is 6.92 Å². The predicted octanol–water partition coefficient (Wildman–Crippen LogP) is 4.49. The molecule has 0 spiro atoms. The van der Waals surface area contributed by atoms with Crippen LogP contribution in [0.25, 0.3) is 0 Å². The zero-order chi connectivity index (χ0) is 12.4. The predicted molar refractivity (Wildman–Crippen MR) is 71.5 cm³/mol. The van der Waals surface area contributed by atoms with Gasteiger partial charge in [-0.05, 0) is 19.1 Å². The highest BCUT2D eigenvalue weighted by Crippen LogP contribution is 2.31. The zero-order valence-corrected chi connectivity index (χ0v) is 11.1. The number of hydrogen-bond donors (Lipinski definition) is 1. The van der Waals surface area contributed by atoms with Gasteiger partial charge < -0.3 is 5.32 Å². The van der Waals surface area contributed by atoms with E-state index in [9.17, 15) is 0 Å². The number of rotatable bonds is 2. The lowest BCUT2D eigenvalue weighted by molar-refractivity contribution is 1.06. The molecule has 0 atom stereocenters. The van der Waals surface area contributed by atoms with E-state index < -0.39 is 0 Å². The Hall–Kier alpha value is -1.03. The van der Waals surface area contributed by atoms with E-state index in [0.717, 1.165) is 0 Å². The lowest BCUT2D eigenvalue weighted by atomic mass is 10.3. The quantitative estimate of drug-likeness (QED) is 0.827. The van der Waals surface area contributed by atoms with E-state index in [-0.39, 0.29) is 0 Å². The first kappa shape index (κ1) is 12.4. The summed E-state index contributed by atoms with van der Waals surface area (Å²) < 4.78 is 0. The van der Waals surface area contributed by atoms with Crippen molar-refractivity contribution in [3.8, 4) is 0 Å². The van der Waals surface area contributed by atoms with Crippen molar-refractivity contribution >= 4 is 46.3 Å². The van der Waals surface area contributed by atoms with Gasteiger partial charge in [-0.25, -0.2) is 9.97 Å². The van der Waals surface area contributed by atoms with Crippen LogP contribution in [0.2, 0.25) is 15.2 Å². The minimum Gasteiger partial charge on any atom is -0.339 e. The highest BCUT2D eigenvalue weighted by Gasteiger charge is 2.06. The molecule has 1 N–H and O–H groups in total. The molecule has 0 radical (unpaired) electrons. The van der Waals surface area contributed by atoms with Crippen molar-refractivity contribution in [3.63, 3.8) is 0 Å². The van der Waals surface area contributed by atoms with E-state index in [1.54, 1.807) is 31.2 Å². The van der Waals surface area contributed by atoms with Gasteiger partial charge in [0.15, 0.2) is 0 Å². The molecule has 1 aromatic carbocycles. The molecule has 0 fully saturated rings. The van der Waals surface area contributed by atoms with Gasteiger partial charge in [-0.3, -0.25) is 0 Å². The summed E-state index contributed by atoms with van der Waals surface area (Å²) in [5.41, 5.74) is 0.674. The third-order valence-corrected chi connectivity index (χ3v) is 3.03. The Morgan fingerprint density at radius 3 is 2.59 bits per heavy atom. The fourth-order valence-electron chi connectivity index (χ4n) is 1.33. The summed E-state index contributed by atoms with van der Waals surface area (Å²) in [6.45, 7) is 1.76. The molecule has 0 aliphatic carbocycles. The molecule has 0 aliphatic rings. The van der Waals surface area contributed by atoms with E-state index >= 15 is 0 Å². The Labute approximate surface area is 114 Å². The maximum absolute atomic E-state index is 6.05. The van der Waals surface area contributed by atoms with Crippen molar-refractivity contribution in [3.05, 3.63) is 45.3 Å². The van der Waals surface area contributed by atoms with E-state index in [4.69, 9.17) is 34.8 Å². The number of hydrogen-bond acceptors (Lipinski definition) is 3. The van der Waals surface area contributed by atoms with Crippen LogP contribution in [0.1, 0.15) is 5.82 Å². The van der Waals surface area contributed by atoms with Gasteiger partial charge in [0.05, 0.1) is 15.7 Å². The molecule has 0 saturated heterocycles. The van der Waals surface area contributed by atoms with Crippen LogP contribution in [0.15, 0.2) is 24.3 Å². The highest BCUT2D eigenvalue weighted by atomic mass is 35.5. The molecular formula is C11H8Cl3N3. The van der Waals surface area contributed by atoms with Gasteiger partial charge in [0.2, 0.25) is 0 Å². The van der Waals surface area contributed by atoms with E-state index in [1.807, 2.05) is 0 Å². The van der Waals surface area contributed by atoms with E-state index in [0.29, 0.717) is 32.5 Å². The molecule has 6 heteroatoms. The van der Waals surface area contributed by atoms with Crippen LogP contribution in [-0.4, -0.2) is 9.97 Å². The largest absolute Gasteiger partial charge is 0.339 e. The summed E-state index contributed by atoms with van der Waals surface area (Å²) in [4.78, 5) is 8.16. The normalized spacial score (nSPS) is 10.4. The second kappa shape index (κ2) is 5.08. The maximum Gasteiger partial charge on any atom is 0.135 e. The summed E-state index contributed by atoms with van der Waals surface area (Å²) in [6, 6.07) is 6.94. The van der Waals surface area contributed by atoms with E-state index in [1.165, 1.54) is 0 Å². The Morgan fingerprint density at radius 2 is 1.88 bits per heavy atom. The Bertz CT molecular complexity index is 537. The van der Waals surface area contributed by atoms with E-state index in [2.05, 4.69) is 15.3 Å². The number of benzene rings is 1. The summed E-state index contributed by atoms with van der Waals surface area (Å²) in [5.74, 6) is 1.16. The smallest absolute Gasteiger partial charge is 0.135 e. The number of nitrogens with one attached hydrogen (secondary N) is 1. The molecule has 3 nitrogen and oxygen atoms in total.